The predicted molar refractivity (Wildman–Crippen MR) is 78.0 cm³/mol. The van der Waals surface area contributed by atoms with Crippen LogP contribution in [0.1, 0.15) is 19.8 Å². The van der Waals surface area contributed by atoms with Crippen molar-refractivity contribution in [1.82, 2.24) is 4.90 Å². The standard InChI is InChI=1S/C14H18BrFN2O2/c1-9(14(19)18-6-2-3-11(17)8-18)20-13-5-4-10(16)7-12(13)15/h4-5,7,9,11H,2-3,6,8,17H2,1H3/t9-,11-/m1/s1. The Bertz CT molecular complexity index is 498. The average Bonchev–Trinajstić information content (AvgIpc) is 2.41. The number of carbonyl (C=O) groups is 1. The van der Waals surface area contributed by atoms with Crippen LogP contribution in [-0.2, 0) is 4.79 Å². The molecule has 2 rings (SSSR count). The maximum Gasteiger partial charge on any atom is 0.263 e. The van der Waals surface area contributed by atoms with Gasteiger partial charge in [0.2, 0.25) is 0 Å². The molecule has 110 valence electrons. The Morgan fingerprint density at radius 2 is 2.35 bits per heavy atom. The van der Waals surface area contributed by atoms with Gasteiger partial charge < -0.3 is 15.4 Å². The van der Waals surface area contributed by atoms with E-state index < -0.39 is 6.10 Å². The van der Waals surface area contributed by atoms with Gasteiger partial charge in [-0.1, -0.05) is 0 Å². The maximum atomic E-state index is 13.0. The van der Waals surface area contributed by atoms with E-state index in [-0.39, 0.29) is 17.8 Å². The number of ether oxygens (including phenoxy) is 1. The summed E-state index contributed by atoms with van der Waals surface area (Å²) in [5.74, 6) is 0.00939. The van der Waals surface area contributed by atoms with Crippen molar-refractivity contribution in [3.05, 3.63) is 28.5 Å². The third-order valence-electron chi connectivity index (χ3n) is 3.31. The third-order valence-corrected chi connectivity index (χ3v) is 3.93. The normalized spacial score (nSPS) is 20.6. The quantitative estimate of drug-likeness (QED) is 0.915. The zero-order valence-corrected chi connectivity index (χ0v) is 12.9. The Kier molecular flexibility index (Phi) is 4.99. The highest BCUT2D eigenvalue weighted by Crippen LogP contribution is 2.26. The fourth-order valence-electron chi connectivity index (χ4n) is 2.28. The van der Waals surface area contributed by atoms with Crippen LogP contribution in [0.25, 0.3) is 0 Å². The fraction of sp³-hybridized carbons (Fsp3) is 0.500. The second kappa shape index (κ2) is 6.54. The number of hydrogen-bond acceptors (Lipinski definition) is 3. The summed E-state index contributed by atoms with van der Waals surface area (Å²) in [4.78, 5) is 14.0. The van der Waals surface area contributed by atoms with Crippen molar-refractivity contribution in [1.29, 1.82) is 0 Å². The molecular weight excluding hydrogens is 327 g/mol. The van der Waals surface area contributed by atoms with Crippen LogP contribution in [0.15, 0.2) is 22.7 Å². The van der Waals surface area contributed by atoms with Gasteiger partial charge in [-0.25, -0.2) is 4.39 Å². The lowest BCUT2D eigenvalue weighted by Crippen LogP contribution is -2.49. The number of halogens is 2. The van der Waals surface area contributed by atoms with Crippen molar-refractivity contribution in [2.24, 2.45) is 5.73 Å². The molecule has 0 aliphatic carbocycles. The molecule has 1 saturated heterocycles. The lowest BCUT2D eigenvalue weighted by molar-refractivity contribution is -0.139. The van der Waals surface area contributed by atoms with Crippen molar-refractivity contribution in [2.75, 3.05) is 13.1 Å². The highest BCUT2D eigenvalue weighted by molar-refractivity contribution is 9.10. The van der Waals surface area contributed by atoms with Crippen LogP contribution in [-0.4, -0.2) is 36.0 Å². The van der Waals surface area contributed by atoms with Crippen molar-refractivity contribution < 1.29 is 13.9 Å². The molecule has 4 nitrogen and oxygen atoms in total. The molecule has 0 spiro atoms. The molecule has 0 saturated carbocycles. The summed E-state index contributed by atoms with van der Waals surface area (Å²) in [6, 6.07) is 4.15. The molecule has 1 heterocycles. The SMILES string of the molecule is C[C@@H](Oc1ccc(F)cc1Br)C(=O)N1CCC[C@@H](N)C1. The second-order valence-electron chi connectivity index (χ2n) is 5.02. The first-order valence-electron chi connectivity index (χ1n) is 6.63. The molecule has 0 bridgehead atoms. The van der Waals surface area contributed by atoms with Gasteiger partial charge in [-0.15, -0.1) is 0 Å². The average molecular weight is 345 g/mol. The molecule has 1 fully saturated rings. The van der Waals surface area contributed by atoms with Crippen LogP contribution in [0, 0.1) is 5.82 Å². The molecule has 2 atom stereocenters. The summed E-state index contributed by atoms with van der Waals surface area (Å²) in [5.41, 5.74) is 5.87. The van der Waals surface area contributed by atoms with Gasteiger partial charge in [-0.3, -0.25) is 4.79 Å². The van der Waals surface area contributed by atoms with E-state index in [9.17, 15) is 9.18 Å². The molecule has 1 aliphatic rings. The maximum absolute atomic E-state index is 13.0. The monoisotopic (exact) mass is 344 g/mol. The van der Waals surface area contributed by atoms with Crippen LogP contribution in [0.3, 0.4) is 0 Å². The summed E-state index contributed by atoms with van der Waals surface area (Å²) in [6.07, 6.45) is 1.24. The minimum atomic E-state index is -0.623. The highest BCUT2D eigenvalue weighted by Gasteiger charge is 2.26. The van der Waals surface area contributed by atoms with E-state index in [2.05, 4.69) is 15.9 Å². The van der Waals surface area contributed by atoms with Gasteiger partial charge >= 0.3 is 0 Å². The number of rotatable bonds is 3. The van der Waals surface area contributed by atoms with Crippen LogP contribution in [0.4, 0.5) is 4.39 Å². The van der Waals surface area contributed by atoms with Gasteiger partial charge in [-0.2, -0.15) is 0 Å². The summed E-state index contributed by atoms with van der Waals surface area (Å²) < 4.78 is 19.1. The van der Waals surface area contributed by atoms with Gasteiger partial charge in [-0.05, 0) is 53.9 Å². The van der Waals surface area contributed by atoms with E-state index in [1.165, 1.54) is 18.2 Å². The molecule has 6 heteroatoms. The van der Waals surface area contributed by atoms with E-state index in [0.29, 0.717) is 23.3 Å². The first-order chi connectivity index (χ1) is 9.47. The Morgan fingerprint density at radius 1 is 1.60 bits per heavy atom. The summed E-state index contributed by atoms with van der Waals surface area (Å²) in [6.45, 7) is 2.97. The van der Waals surface area contributed by atoms with Crippen LogP contribution >= 0.6 is 15.9 Å². The van der Waals surface area contributed by atoms with Gasteiger partial charge in [0.1, 0.15) is 11.6 Å². The Hall–Kier alpha value is -1.14. The van der Waals surface area contributed by atoms with Gasteiger partial charge in [0.25, 0.3) is 5.91 Å². The fourth-order valence-corrected chi connectivity index (χ4v) is 2.72. The molecule has 1 aromatic rings. The minimum absolute atomic E-state index is 0.0393. The molecule has 0 unspecified atom stereocenters. The first-order valence-corrected chi connectivity index (χ1v) is 7.42. The number of nitrogens with zero attached hydrogens (tertiary/aromatic N) is 1. The third kappa shape index (κ3) is 3.70. The molecule has 0 aromatic heterocycles. The molecule has 1 aliphatic heterocycles. The van der Waals surface area contributed by atoms with Crippen LogP contribution in [0.2, 0.25) is 0 Å². The summed E-state index contributed by atoms with van der Waals surface area (Å²) >= 11 is 3.22. The number of benzene rings is 1. The van der Waals surface area contributed by atoms with Crippen molar-refractivity contribution >= 4 is 21.8 Å². The number of amides is 1. The van der Waals surface area contributed by atoms with Crippen LogP contribution in [0.5, 0.6) is 5.75 Å². The van der Waals surface area contributed by atoms with E-state index in [0.717, 1.165) is 12.8 Å². The number of hydrogen-bond donors (Lipinski definition) is 1. The smallest absolute Gasteiger partial charge is 0.263 e. The Labute approximate surface area is 126 Å². The van der Waals surface area contributed by atoms with E-state index in [1.54, 1.807) is 11.8 Å². The number of likely N-dealkylation sites (tertiary alicyclic amines) is 1. The topological polar surface area (TPSA) is 55.6 Å². The first kappa shape index (κ1) is 15.3. The van der Waals surface area contributed by atoms with Gasteiger partial charge in [0, 0.05) is 19.1 Å². The summed E-state index contributed by atoms with van der Waals surface area (Å²) in [7, 11) is 0. The van der Waals surface area contributed by atoms with E-state index >= 15 is 0 Å². The van der Waals surface area contributed by atoms with Crippen molar-refractivity contribution in [3.63, 3.8) is 0 Å². The van der Waals surface area contributed by atoms with Crippen LogP contribution < -0.4 is 10.5 Å². The molecular formula is C14H18BrFN2O2. The van der Waals surface area contributed by atoms with Gasteiger partial charge in [0.15, 0.2) is 6.10 Å². The highest BCUT2D eigenvalue weighted by atomic mass is 79.9. The van der Waals surface area contributed by atoms with Crippen molar-refractivity contribution in [2.45, 2.75) is 31.9 Å². The zero-order chi connectivity index (χ0) is 14.7. The second-order valence-corrected chi connectivity index (χ2v) is 5.88. The number of nitrogens with two attached hydrogens (primary N) is 1. The molecule has 20 heavy (non-hydrogen) atoms. The molecule has 2 N–H and O–H groups in total. The number of carbonyl (C=O) groups excluding carboxylic acids is 1. The zero-order valence-electron chi connectivity index (χ0n) is 11.3. The number of piperidine rings is 1. The lowest BCUT2D eigenvalue weighted by Gasteiger charge is -2.32. The molecule has 0 radical (unpaired) electrons. The lowest BCUT2D eigenvalue weighted by atomic mass is 10.1. The van der Waals surface area contributed by atoms with Crippen molar-refractivity contribution in [3.8, 4) is 5.75 Å². The molecule has 1 amide bonds. The van der Waals surface area contributed by atoms with E-state index in [4.69, 9.17) is 10.5 Å². The van der Waals surface area contributed by atoms with E-state index in [1.807, 2.05) is 0 Å². The minimum Gasteiger partial charge on any atom is -0.480 e. The molecule has 1 aromatic carbocycles. The summed E-state index contributed by atoms with van der Waals surface area (Å²) in [5, 5.41) is 0. The Balaban J connectivity index is 2.00. The predicted octanol–water partition coefficient (Wildman–Crippen LogP) is 2.31. The Morgan fingerprint density at radius 3 is 3.00 bits per heavy atom. The van der Waals surface area contributed by atoms with Gasteiger partial charge in [0.05, 0.1) is 4.47 Å². The largest absolute Gasteiger partial charge is 0.480 e.